The minimum absolute atomic E-state index is 0.00458. The molecule has 0 heterocycles. The second-order valence-electron chi connectivity index (χ2n) is 10.4. The summed E-state index contributed by atoms with van der Waals surface area (Å²) < 4.78 is 56.7. The van der Waals surface area contributed by atoms with E-state index in [4.69, 9.17) is 23.7 Å². The number of sulfonamides is 1. The molecule has 0 unspecified atom stereocenters. The van der Waals surface area contributed by atoms with Gasteiger partial charge in [0.15, 0.2) is 11.5 Å². The molecule has 0 saturated carbocycles. The predicted octanol–water partition coefficient (Wildman–Crippen LogP) is 4.26. The number of methoxy groups -OCH3 is 5. The van der Waals surface area contributed by atoms with E-state index in [0.717, 1.165) is 4.31 Å². The third-order valence-electron chi connectivity index (χ3n) is 7.53. The van der Waals surface area contributed by atoms with Crippen molar-refractivity contribution in [3.63, 3.8) is 0 Å². The zero-order valence-corrected chi connectivity index (χ0v) is 28.3. The van der Waals surface area contributed by atoms with Gasteiger partial charge < -0.3 is 33.9 Å². The van der Waals surface area contributed by atoms with Crippen molar-refractivity contribution in [3.8, 4) is 28.7 Å². The van der Waals surface area contributed by atoms with Crippen molar-refractivity contribution in [1.29, 1.82) is 0 Å². The molecule has 1 N–H and O–H groups in total. The Bertz CT molecular complexity index is 1610. The fourth-order valence-electron chi connectivity index (χ4n) is 4.62. The van der Waals surface area contributed by atoms with E-state index in [1.54, 1.807) is 43.3 Å². The van der Waals surface area contributed by atoms with Gasteiger partial charge in [0.05, 0.1) is 46.1 Å². The highest BCUT2D eigenvalue weighted by atomic mass is 32.2. The Kier molecular flexibility index (Phi) is 12.5. The lowest BCUT2D eigenvalue weighted by Gasteiger charge is -2.33. The maximum atomic E-state index is 14.4. The molecule has 46 heavy (non-hydrogen) atoms. The lowest BCUT2D eigenvalue weighted by molar-refractivity contribution is -0.139. The number of hydrogen-bond acceptors (Lipinski definition) is 9. The minimum Gasteiger partial charge on any atom is -0.497 e. The SMILES string of the molecule is CC[C@H](C)NC(=O)[C@@H](C)N(Cc1cccc(OC)c1)C(=O)CN(c1cc(OC)ccc1OC)S(=O)(=O)c1ccc(OC)c(OC)c1. The Morgan fingerprint density at radius 3 is 2.02 bits per heavy atom. The van der Waals surface area contributed by atoms with Crippen molar-refractivity contribution in [2.45, 2.75) is 50.7 Å². The van der Waals surface area contributed by atoms with Crippen LogP contribution < -0.4 is 33.3 Å². The van der Waals surface area contributed by atoms with E-state index < -0.39 is 28.5 Å². The van der Waals surface area contributed by atoms with Crippen LogP contribution in [-0.4, -0.2) is 79.3 Å². The van der Waals surface area contributed by atoms with Crippen LogP contribution in [0, 0.1) is 0 Å². The zero-order chi connectivity index (χ0) is 34.0. The number of nitrogens with zero attached hydrogens (tertiary/aromatic N) is 2. The number of carbonyl (C=O) groups excluding carboxylic acids is 2. The molecule has 0 bridgehead atoms. The quantitative estimate of drug-likeness (QED) is 0.240. The highest BCUT2D eigenvalue weighted by molar-refractivity contribution is 7.92. The van der Waals surface area contributed by atoms with Gasteiger partial charge in [-0.1, -0.05) is 19.1 Å². The molecule has 0 aliphatic carbocycles. The average Bonchev–Trinajstić information content (AvgIpc) is 3.08. The summed E-state index contributed by atoms with van der Waals surface area (Å²) in [6.45, 7) is 4.74. The number of ether oxygens (including phenoxy) is 5. The standard InChI is InChI=1S/C33H43N3O9S/c1-9-22(2)34-33(38)23(3)35(20-24-11-10-12-25(17-24)41-4)32(37)21-36(28-18-26(42-5)13-15-29(28)43-6)46(39,40)27-14-16-30(44-7)31(19-27)45-8/h10-19,22-23H,9,20-21H2,1-8H3,(H,34,38)/t22-,23+/m0/s1. The largest absolute Gasteiger partial charge is 0.497 e. The van der Waals surface area contributed by atoms with Gasteiger partial charge in [-0.05, 0) is 62.2 Å². The smallest absolute Gasteiger partial charge is 0.265 e. The molecule has 250 valence electrons. The minimum atomic E-state index is -4.46. The van der Waals surface area contributed by atoms with E-state index in [1.165, 1.54) is 64.7 Å². The first kappa shape index (κ1) is 35.8. The second kappa shape index (κ2) is 16.1. The monoisotopic (exact) mass is 657 g/mol. The first-order chi connectivity index (χ1) is 21.9. The molecule has 0 spiro atoms. The summed E-state index contributed by atoms with van der Waals surface area (Å²) in [5.74, 6) is 0.587. The molecule has 3 aromatic rings. The first-order valence-electron chi connectivity index (χ1n) is 14.6. The van der Waals surface area contributed by atoms with Crippen LogP contribution in [0.15, 0.2) is 65.6 Å². The number of amides is 2. The summed E-state index contributed by atoms with van der Waals surface area (Å²) in [6.07, 6.45) is 0.690. The molecule has 0 aliphatic heterocycles. The molecular weight excluding hydrogens is 614 g/mol. The predicted molar refractivity (Wildman–Crippen MR) is 175 cm³/mol. The Morgan fingerprint density at radius 2 is 1.41 bits per heavy atom. The fourth-order valence-corrected chi connectivity index (χ4v) is 6.06. The molecule has 0 aromatic heterocycles. The van der Waals surface area contributed by atoms with Crippen LogP contribution in [0.2, 0.25) is 0 Å². The highest BCUT2D eigenvalue weighted by Crippen LogP contribution is 2.38. The lowest BCUT2D eigenvalue weighted by atomic mass is 10.1. The summed E-state index contributed by atoms with van der Waals surface area (Å²) >= 11 is 0. The molecule has 2 atom stereocenters. The van der Waals surface area contributed by atoms with Gasteiger partial charge in [0.2, 0.25) is 11.8 Å². The summed E-state index contributed by atoms with van der Waals surface area (Å²) in [5.41, 5.74) is 0.743. The van der Waals surface area contributed by atoms with Gasteiger partial charge in [0.1, 0.15) is 29.8 Å². The van der Waals surface area contributed by atoms with Crippen LogP contribution in [0.25, 0.3) is 0 Å². The second-order valence-corrected chi connectivity index (χ2v) is 12.3. The molecule has 13 heteroatoms. The molecular formula is C33H43N3O9S. The van der Waals surface area contributed by atoms with E-state index in [2.05, 4.69) is 5.32 Å². The Hall–Kier alpha value is -4.65. The number of nitrogens with one attached hydrogen (secondary N) is 1. The third kappa shape index (κ3) is 8.33. The maximum Gasteiger partial charge on any atom is 0.265 e. The first-order valence-corrected chi connectivity index (χ1v) is 16.1. The van der Waals surface area contributed by atoms with Gasteiger partial charge in [-0.15, -0.1) is 0 Å². The van der Waals surface area contributed by atoms with Gasteiger partial charge >= 0.3 is 0 Å². The lowest BCUT2D eigenvalue weighted by Crippen LogP contribution is -2.52. The summed E-state index contributed by atoms with van der Waals surface area (Å²) in [7, 11) is 2.74. The number of carbonyl (C=O) groups is 2. The number of benzene rings is 3. The summed E-state index contributed by atoms with van der Waals surface area (Å²) in [4.78, 5) is 28.9. The van der Waals surface area contributed by atoms with Gasteiger partial charge in [0.25, 0.3) is 10.0 Å². The molecule has 2 amide bonds. The molecule has 0 aliphatic rings. The molecule has 12 nitrogen and oxygen atoms in total. The van der Waals surface area contributed by atoms with Crippen LogP contribution in [0.1, 0.15) is 32.8 Å². The topological polar surface area (TPSA) is 133 Å². The van der Waals surface area contributed by atoms with Gasteiger partial charge in [0, 0.05) is 24.7 Å². The van der Waals surface area contributed by atoms with Gasteiger partial charge in [-0.25, -0.2) is 8.42 Å². The summed E-state index contributed by atoms with van der Waals surface area (Å²) in [5, 5.41) is 2.92. The molecule has 3 rings (SSSR count). The van der Waals surface area contributed by atoms with E-state index >= 15 is 0 Å². The number of rotatable bonds is 16. The van der Waals surface area contributed by atoms with Crippen molar-refractivity contribution >= 4 is 27.5 Å². The van der Waals surface area contributed by atoms with Crippen molar-refractivity contribution in [2.75, 3.05) is 46.4 Å². The van der Waals surface area contributed by atoms with Crippen molar-refractivity contribution < 1.29 is 41.7 Å². The Balaban J connectivity index is 2.17. The van der Waals surface area contributed by atoms with Crippen LogP contribution in [0.4, 0.5) is 5.69 Å². The maximum absolute atomic E-state index is 14.4. The molecule has 3 aromatic carbocycles. The fraction of sp³-hybridized carbons (Fsp3) is 0.394. The zero-order valence-electron chi connectivity index (χ0n) is 27.5. The normalized spacial score (nSPS) is 12.3. The molecule has 0 radical (unpaired) electrons. The van der Waals surface area contributed by atoms with Gasteiger partial charge in [-0.2, -0.15) is 0 Å². The highest BCUT2D eigenvalue weighted by Gasteiger charge is 2.35. The van der Waals surface area contributed by atoms with Gasteiger partial charge in [-0.3, -0.25) is 13.9 Å². The Morgan fingerprint density at radius 1 is 0.783 bits per heavy atom. The van der Waals surface area contributed by atoms with Crippen molar-refractivity contribution in [1.82, 2.24) is 10.2 Å². The van der Waals surface area contributed by atoms with E-state index in [9.17, 15) is 18.0 Å². The average molecular weight is 658 g/mol. The third-order valence-corrected chi connectivity index (χ3v) is 9.29. The van der Waals surface area contributed by atoms with Crippen molar-refractivity contribution in [3.05, 3.63) is 66.2 Å². The number of anilines is 1. The van der Waals surface area contributed by atoms with E-state index in [0.29, 0.717) is 29.2 Å². The van der Waals surface area contributed by atoms with Crippen molar-refractivity contribution in [2.24, 2.45) is 0 Å². The van der Waals surface area contributed by atoms with Crippen LogP contribution >= 0.6 is 0 Å². The molecule has 0 saturated heterocycles. The van der Waals surface area contributed by atoms with Crippen LogP contribution in [0.5, 0.6) is 28.7 Å². The summed E-state index contributed by atoms with van der Waals surface area (Å²) in [6, 6.07) is 14.8. The van der Waals surface area contributed by atoms with Crippen LogP contribution in [-0.2, 0) is 26.2 Å². The van der Waals surface area contributed by atoms with E-state index in [-0.39, 0.29) is 40.6 Å². The molecule has 0 fully saturated rings. The number of hydrogen-bond donors (Lipinski definition) is 1. The van der Waals surface area contributed by atoms with E-state index in [1.807, 2.05) is 13.8 Å². The van der Waals surface area contributed by atoms with Crippen LogP contribution in [0.3, 0.4) is 0 Å². The Labute approximate surface area is 271 Å².